The average molecular weight is 422 g/mol. The highest BCUT2D eigenvalue weighted by Gasteiger charge is 2.65. The lowest BCUT2D eigenvalue weighted by Crippen LogP contribution is -2.38. The molecule has 4 fully saturated rings. The number of epoxide rings is 3. The third kappa shape index (κ3) is 3.23. The van der Waals surface area contributed by atoms with Gasteiger partial charge in [-0.05, 0) is 33.6 Å². The molecule has 0 N–H and O–H groups in total. The minimum absolute atomic E-state index is 0.0280. The predicted molar refractivity (Wildman–Crippen MR) is 98.2 cm³/mol. The van der Waals surface area contributed by atoms with Crippen molar-refractivity contribution in [2.75, 3.05) is 13.2 Å². The lowest BCUT2D eigenvalue weighted by Gasteiger charge is -2.26. The van der Waals surface area contributed by atoms with Gasteiger partial charge in [-0.25, -0.2) is 9.59 Å². The maximum absolute atomic E-state index is 12.7. The smallest absolute Gasteiger partial charge is 0.341 e. The van der Waals surface area contributed by atoms with Crippen LogP contribution in [0.1, 0.15) is 47.0 Å². The Kier molecular flexibility index (Phi) is 4.17. The van der Waals surface area contributed by atoms with E-state index in [-0.39, 0.29) is 31.0 Å². The fourth-order valence-corrected chi connectivity index (χ4v) is 4.61. The minimum Gasteiger partial charge on any atom is -0.461 e. The first kappa shape index (κ1) is 20.0. The Labute approximate surface area is 173 Å². The van der Waals surface area contributed by atoms with Crippen molar-refractivity contribution >= 4 is 17.9 Å². The van der Waals surface area contributed by atoms with E-state index in [9.17, 15) is 14.4 Å². The lowest BCUT2D eigenvalue weighted by atomic mass is 9.83. The third-order valence-electron chi connectivity index (χ3n) is 6.91. The summed E-state index contributed by atoms with van der Waals surface area (Å²) in [6.07, 6.45) is 0.165. The maximum Gasteiger partial charge on any atom is 0.341 e. The van der Waals surface area contributed by atoms with Crippen LogP contribution in [0.2, 0.25) is 0 Å². The summed E-state index contributed by atoms with van der Waals surface area (Å²) in [5.74, 6) is -1.60. The highest BCUT2D eigenvalue weighted by atomic mass is 16.7. The van der Waals surface area contributed by atoms with E-state index in [0.29, 0.717) is 12.0 Å². The minimum atomic E-state index is -0.972. The topological polar surface area (TPSA) is 116 Å². The Morgan fingerprint density at radius 2 is 1.90 bits per heavy atom. The van der Waals surface area contributed by atoms with Gasteiger partial charge in [0.15, 0.2) is 11.7 Å². The molecule has 5 aliphatic rings. The second kappa shape index (κ2) is 6.27. The number of ether oxygens (including phenoxy) is 6. The van der Waals surface area contributed by atoms with E-state index >= 15 is 0 Å². The van der Waals surface area contributed by atoms with Crippen LogP contribution in [0.4, 0.5) is 0 Å². The first-order valence-corrected chi connectivity index (χ1v) is 10.3. The van der Waals surface area contributed by atoms with Crippen molar-refractivity contribution in [1.82, 2.24) is 0 Å². The largest absolute Gasteiger partial charge is 0.461 e. The summed E-state index contributed by atoms with van der Waals surface area (Å²) in [6, 6.07) is 0. The third-order valence-corrected chi connectivity index (χ3v) is 6.91. The molecular formula is C21H26O9. The van der Waals surface area contributed by atoms with Crippen LogP contribution < -0.4 is 0 Å². The zero-order valence-corrected chi connectivity index (χ0v) is 17.5. The molecule has 1 aliphatic carbocycles. The summed E-state index contributed by atoms with van der Waals surface area (Å²) in [5, 5.41) is 0. The Balaban J connectivity index is 1.53. The number of carbonyl (C=O) groups is 3. The van der Waals surface area contributed by atoms with Crippen LogP contribution in [0.15, 0.2) is 11.1 Å². The number of hydrogen-bond donors (Lipinski definition) is 0. The van der Waals surface area contributed by atoms with Crippen LogP contribution in [0.5, 0.6) is 0 Å². The van der Waals surface area contributed by atoms with E-state index in [1.165, 1.54) is 6.92 Å². The molecule has 164 valence electrons. The van der Waals surface area contributed by atoms with Crippen molar-refractivity contribution in [3.8, 4) is 0 Å². The maximum atomic E-state index is 12.7. The molecule has 0 unspecified atom stereocenters. The Morgan fingerprint density at radius 3 is 2.57 bits per heavy atom. The predicted octanol–water partition coefficient (Wildman–Crippen LogP) is 0.971. The molecule has 0 radical (unpaired) electrons. The van der Waals surface area contributed by atoms with E-state index in [1.807, 2.05) is 13.8 Å². The van der Waals surface area contributed by atoms with Crippen LogP contribution in [0, 0.1) is 0 Å². The first-order chi connectivity index (χ1) is 14.0. The molecule has 0 spiro atoms. The van der Waals surface area contributed by atoms with Gasteiger partial charge >= 0.3 is 17.9 Å². The van der Waals surface area contributed by atoms with Gasteiger partial charge in [-0.15, -0.1) is 0 Å². The van der Waals surface area contributed by atoms with Crippen molar-refractivity contribution in [3.05, 3.63) is 11.1 Å². The Hall–Kier alpha value is -1.97. The molecule has 3 saturated heterocycles. The second-order valence-electron chi connectivity index (χ2n) is 9.47. The zero-order chi connectivity index (χ0) is 21.5. The van der Waals surface area contributed by atoms with Gasteiger partial charge in [0.1, 0.15) is 18.8 Å². The number of rotatable bonds is 4. The zero-order valence-electron chi connectivity index (χ0n) is 17.5. The fourth-order valence-electron chi connectivity index (χ4n) is 4.61. The molecule has 0 aromatic rings. The van der Waals surface area contributed by atoms with Crippen LogP contribution in [0.25, 0.3) is 0 Å². The monoisotopic (exact) mass is 422 g/mol. The molecule has 9 heteroatoms. The van der Waals surface area contributed by atoms with Crippen molar-refractivity contribution < 1.29 is 42.8 Å². The molecule has 0 amide bonds. The summed E-state index contributed by atoms with van der Waals surface area (Å²) >= 11 is 0. The van der Waals surface area contributed by atoms with Gasteiger partial charge in [-0.2, -0.15) is 0 Å². The molecule has 0 bridgehead atoms. The van der Waals surface area contributed by atoms with Crippen LogP contribution in [-0.4, -0.2) is 72.3 Å². The molecule has 1 saturated carbocycles. The van der Waals surface area contributed by atoms with E-state index < -0.39 is 46.9 Å². The molecule has 4 aliphatic heterocycles. The summed E-state index contributed by atoms with van der Waals surface area (Å²) < 4.78 is 33.8. The fraction of sp³-hybridized carbons (Fsp3) is 0.762. The van der Waals surface area contributed by atoms with Crippen molar-refractivity contribution in [1.29, 1.82) is 0 Å². The molecule has 30 heavy (non-hydrogen) atoms. The normalized spacial score (nSPS) is 46.1. The molecule has 7 atom stereocenters. The SMILES string of the molecule is CC(=O)OCC1=C2[C@@H](OC(=O)[C@]3(C)CO3)C[C@@]3(C)O[C@@H]3CC[C@@]3(C)O[C@@H]3[C@H]2OC1=O. The molecule has 4 heterocycles. The Bertz CT molecular complexity index is 859. The summed E-state index contributed by atoms with van der Waals surface area (Å²) in [6.45, 7) is 6.93. The number of carbonyl (C=O) groups excluding carboxylic acids is 3. The van der Waals surface area contributed by atoms with E-state index in [2.05, 4.69) is 0 Å². The van der Waals surface area contributed by atoms with Gasteiger partial charge in [-0.1, -0.05) is 0 Å². The first-order valence-electron chi connectivity index (χ1n) is 10.3. The van der Waals surface area contributed by atoms with Gasteiger partial charge in [0.2, 0.25) is 0 Å². The van der Waals surface area contributed by atoms with E-state index in [0.717, 1.165) is 12.8 Å². The van der Waals surface area contributed by atoms with Gasteiger partial charge in [0.05, 0.1) is 29.5 Å². The molecule has 0 aromatic heterocycles. The van der Waals surface area contributed by atoms with E-state index in [1.54, 1.807) is 6.92 Å². The van der Waals surface area contributed by atoms with Gasteiger partial charge in [0, 0.05) is 18.9 Å². The van der Waals surface area contributed by atoms with E-state index in [4.69, 9.17) is 28.4 Å². The molecular weight excluding hydrogens is 396 g/mol. The highest BCUT2D eigenvalue weighted by molar-refractivity contribution is 5.93. The van der Waals surface area contributed by atoms with Crippen LogP contribution in [0.3, 0.4) is 0 Å². The van der Waals surface area contributed by atoms with Gasteiger partial charge in [0.25, 0.3) is 0 Å². The van der Waals surface area contributed by atoms with Crippen molar-refractivity contribution in [2.24, 2.45) is 0 Å². The highest BCUT2D eigenvalue weighted by Crippen LogP contribution is 2.54. The second-order valence-corrected chi connectivity index (χ2v) is 9.47. The van der Waals surface area contributed by atoms with Crippen LogP contribution >= 0.6 is 0 Å². The molecule has 5 rings (SSSR count). The summed E-state index contributed by atoms with van der Waals surface area (Å²) in [4.78, 5) is 36.8. The summed E-state index contributed by atoms with van der Waals surface area (Å²) in [5.41, 5.74) is -1.19. The van der Waals surface area contributed by atoms with Crippen LogP contribution in [-0.2, 0) is 42.8 Å². The number of esters is 3. The Morgan fingerprint density at radius 1 is 1.17 bits per heavy atom. The average Bonchev–Trinajstić information content (AvgIpc) is 3.60. The van der Waals surface area contributed by atoms with Crippen molar-refractivity contribution in [3.63, 3.8) is 0 Å². The van der Waals surface area contributed by atoms with Gasteiger partial charge < -0.3 is 28.4 Å². The van der Waals surface area contributed by atoms with Gasteiger partial charge in [-0.3, -0.25) is 4.79 Å². The van der Waals surface area contributed by atoms with Crippen molar-refractivity contribution in [2.45, 2.75) is 88.2 Å². The number of hydrogen-bond acceptors (Lipinski definition) is 9. The quantitative estimate of drug-likeness (QED) is 0.371. The molecule has 9 nitrogen and oxygen atoms in total. The molecule has 0 aromatic carbocycles. The summed E-state index contributed by atoms with van der Waals surface area (Å²) in [7, 11) is 0. The number of fused-ring (bicyclic) bond motifs is 4. The lowest BCUT2D eigenvalue weighted by molar-refractivity contribution is -0.154. The standard InChI is InChI=1S/C21H26O9/c1-10(22)25-8-11-14-12(27-18(24)21(4)9-26-21)7-20(3)13(29-20)5-6-19(2)16(30-19)15(14)28-17(11)23/h12-13,15-16H,5-9H2,1-4H3/t12-,13+,15-,16+,19+,20+,21-/m0/s1.